The highest BCUT2D eigenvalue weighted by molar-refractivity contribution is 5.99. The Kier molecular flexibility index (Phi) is 4.20. The van der Waals surface area contributed by atoms with Crippen molar-refractivity contribution in [1.82, 2.24) is 5.32 Å². The van der Waals surface area contributed by atoms with Crippen LogP contribution < -0.4 is 14.8 Å². The van der Waals surface area contributed by atoms with Crippen molar-refractivity contribution in [3.05, 3.63) is 23.3 Å². The summed E-state index contributed by atoms with van der Waals surface area (Å²) in [4.78, 5) is 12.0. The molecule has 1 aliphatic heterocycles. The van der Waals surface area contributed by atoms with E-state index < -0.39 is 0 Å². The van der Waals surface area contributed by atoms with Crippen molar-refractivity contribution in [2.75, 3.05) is 26.8 Å². The number of ether oxygens (including phenoxy) is 2. The quantitative estimate of drug-likeness (QED) is 0.827. The molecule has 4 heteroatoms. The summed E-state index contributed by atoms with van der Waals surface area (Å²) in [6, 6.07) is 3.68. The number of nitrogens with one attached hydrogen (secondary N) is 1. The van der Waals surface area contributed by atoms with Crippen molar-refractivity contribution in [1.29, 1.82) is 0 Å². The van der Waals surface area contributed by atoms with Gasteiger partial charge in [0.25, 0.3) is 0 Å². The number of hydrogen-bond donors (Lipinski definition) is 1. The highest BCUT2D eigenvalue weighted by Crippen LogP contribution is 2.36. The van der Waals surface area contributed by atoms with Gasteiger partial charge in [-0.3, -0.25) is 4.79 Å². The van der Waals surface area contributed by atoms with Gasteiger partial charge in [-0.1, -0.05) is 6.92 Å². The highest BCUT2D eigenvalue weighted by Gasteiger charge is 2.20. The molecule has 1 N–H and O–H groups in total. The first-order valence-electron chi connectivity index (χ1n) is 6.37. The lowest BCUT2D eigenvalue weighted by atomic mass is 9.99. The first-order valence-corrected chi connectivity index (χ1v) is 6.37. The normalized spacial score (nSPS) is 14.1. The van der Waals surface area contributed by atoms with Crippen LogP contribution in [0.4, 0.5) is 0 Å². The Bertz CT molecular complexity index is 443. The molecule has 0 atom stereocenters. The first kappa shape index (κ1) is 12.9. The molecule has 0 fully saturated rings. The Morgan fingerprint density at radius 3 is 2.83 bits per heavy atom. The lowest BCUT2D eigenvalue weighted by Crippen LogP contribution is -2.20. The molecule has 2 rings (SSSR count). The molecule has 0 radical (unpaired) electrons. The third-order valence-corrected chi connectivity index (χ3v) is 3.01. The predicted octanol–water partition coefficient (Wildman–Crippen LogP) is 1.81. The summed E-state index contributed by atoms with van der Waals surface area (Å²) >= 11 is 0. The van der Waals surface area contributed by atoms with Crippen LogP contribution in [0.2, 0.25) is 0 Å². The molecule has 1 aliphatic rings. The standard InChI is InChI=1S/C14H19NO3/c1-3-10-11(12(16)9-15-2)5-6-13-14(10)18-8-4-7-17-13/h5-6,15H,3-4,7-9H2,1-2H3. The van der Waals surface area contributed by atoms with Crippen LogP contribution in [0.3, 0.4) is 0 Å². The summed E-state index contributed by atoms with van der Waals surface area (Å²) in [7, 11) is 1.77. The van der Waals surface area contributed by atoms with Gasteiger partial charge < -0.3 is 14.8 Å². The van der Waals surface area contributed by atoms with E-state index in [-0.39, 0.29) is 5.78 Å². The summed E-state index contributed by atoms with van der Waals surface area (Å²) in [5, 5.41) is 2.89. The van der Waals surface area contributed by atoms with Crippen molar-refractivity contribution in [2.24, 2.45) is 0 Å². The Morgan fingerprint density at radius 1 is 1.33 bits per heavy atom. The highest BCUT2D eigenvalue weighted by atomic mass is 16.5. The maximum Gasteiger partial charge on any atom is 0.177 e. The van der Waals surface area contributed by atoms with Gasteiger partial charge in [0.1, 0.15) is 0 Å². The number of likely N-dealkylation sites (N-methyl/N-ethyl adjacent to an activating group) is 1. The van der Waals surface area contributed by atoms with Crippen LogP contribution in [0.15, 0.2) is 12.1 Å². The molecule has 4 nitrogen and oxygen atoms in total. The summed E-state index contributed by atoms with van der Waals surface area (Å²) in [6.45, 7) is 3.68. The molecule has 18 heavy (non-hydrogen) atoms. The van der Waals surface area contributed by atoms with Gasteiger partial charge in [0.05, 0.1) is 19.8 Å². The maximum absolute atomic E-state index is 12.0. The Balaban J connectivity index is 2.43. The second-order valence-corrected chi connectivity index (χ2v) is 4.28. The molecule has 0 unspecified atom stereocenters. The molecule has 0 aliphatic carbocycles. The number of benzene rings is 1. The van der Waals surface area contributed by atoms with E-state index in [4.69, 9.17) is 9.47 Å². The van der Waals surface area contributed by atoms with Crippen LogP contribution in [-0.4, -0.2) is 32.6 Å². The van der Waals surface area contributed by atoms with Crippen molar-refractivity contribution in [2.45, 2.75) is 19.8 Å². The smallest absolute Gasteiger partial charge is 0.177 e. The van der Waals surface area contributed by atoms with Gasteiger partial charge in [-0.15, -0.1) is 0 Å². The average Bonchev–Trinajstić information content (AvgIpc) is 2.62. The van der Waals surface area contributed by atoms with E-state index in [9.17, 15) is 4.79 Å². The largest absolute Gasteiger partial charge is 0.490 e. The van der Waals surface area contributed by atoms with E-state index in [1.54, 1.807) is 7.05 Å². The minimum Gasteiger partial charge on any atom is -0.490 e. The zero-order valence-corrected chi connectivity index (χ0v) is 10.9. The van der Waals surface area contributed by atoms with Crippen LogP contribution >= 0.6 is 0 Å². The molecule has 0 saturated heterocycles. The number of carbonyl (C=O) groups excluding carboxylic acids is 1. The number of rotatable bonds is 4. The van der Waals surface area contributed by atoms with Gasteiger partial charge in [0, 0.05) is 17.5 Å². The number of Topliss-reactive ketones (excluding diaryl/α,β-unsaturated/α-hetero) is 1. The Hall–Kier alpha value is -1.55. The lowest BCUT2D eigenvalue weighted by Gasteiger charge is -2.15. The molecule has 0 bridgehead atoms. The third-order valence-electron chi connectivity index (χ3n) is 3.01. The summed E-state index contributed by atoms with van der Waals surface area (Å²) < 4.78 is 11.4. The molecule has 98 valence electrons. The van der Waals surface area contributed by atoms with Crippen LogP contribution in [0, 0.1) is 0 Å². The molecule has 0 saturated carbocycles. The third kappa shape index (κ3) is 2.48. The van der Waals surface area contributed by atoms with Crippen molar-refractivity contribution < 1.29 is 14.3 Å². The molecular weight excluding hydrogens is 230 g/mol. The monoisotopic (exact) mass is 249 g/mol. The number of ketones is 1. The minimum atomic E-state index is 0.0880. The summed E-state index contributed by atoms with van der Waals surface area (Å²) in [5.74, 6) is 1.59. The minimum absolute atomic E-state index is 0.0880. The molecular formula is C14H19NO3. The van der Waals surface area contributed by atoms with Gasteiger partial charge in [0.15, 0.2) is 17.3 Å². The fraction of sp³-hybridized carbons (Fsp3) is 0.500. The van der Waals surface area contributed by atoms with Crippen LogP contribution in [0.1, 0.15) is 29.3 Å². The molecule has 0 aromatic heterocycles. The van der Waals surface area contributed by atoms with Gasteiger partial charge in [-0.05, 0) is 25.6 Å². The summed E-state index contributed by atoms with van der Waals surface area (Å²) in [5.41, 5.74) is 1.69. The lowest BCUT2D eigenvalue weighted by molar-refractivity contribution is 0.0992. The molecule has 0 amide bonds. The zero-order chi connectivity index (χ0) is 13.0. The van der Waals surface area contributed by atoms with Gasteiger partial charge >= 0.3 is 0 Å². The number of hydrogen-bond acceptors (Lipinski definition) is 4. The second kappa shape index (κ2) is 5.87. The van der Waals surface area contributed by atoms with E-state index in [2.05, 4.69) is 5.32 Å². The van der Waals surface area contributed by atoms with Crippen molar-refractivity contribution in [3.63, 3.8) is 0 Å². The fourth-order valence-electron chi connectivity index (χ4n) is 2.16. The fourth-order valence-corrected chi connectivity index (χ4v) is 2.16. The first-order chi connectivity index (χ1) is 8.77. The van der Waals surface area contributed by atoms with Gasteiger partial charge in [-0.25, -0.2) is 0 Å². The van der Waals surface area contributed by atoms with E-state index >= 15 is 0 Å². The van der Waals surface area contributed by atoms with E-state index in [0.29, 0.717) is 19.8 Å². The maximum atomic E-state index is 12.0. The van der Waals surface area contributed by atoms with Crippen molar-refractivity contribution >= 4 is 5.78 Å². The van der Waals surface area contributed by atoms with Crippen LogP contribution in [0.5, 0.6) is 11.5 Å². The topological polar surface area (TPSA) is 47.6 Å². The van der Waals surface area contributed by atoms with E-state index in [0.717, 1.165) is 35.5 Å². The van der Waals surface area contributed by atoms with Crippen LogP contribution in [-0.2, 0) is 6.42 Å². The van der Waals surface area contributed by atoms with Gasteiger partial charge in [0.2, 0.25) is 0 Å². The van der Waals surface area contributed by atoms with Gasteiger partial charge in [-0.2, -0.15) is 0 Å². The van der Waals surface area contributed by atoms with E-state index in [1.807, 2.05) is 19.1 Å². The predicted molar refractivity (Wildman–Crippen MR) is 69.7 cm³/mol. The molecule has 0 spiro atoms. The Morgan fingerprint density at radius 2 is 2.11 bits per heavy atom. The SMILES string of the molecule is CCc1c(C(=O)CNC)ccc2c1OCCCO2. The number of carbonyl (C=O) groups is 1. The van der Waals surface area contributed by atoms with Crippen molar-refractivity contribution in [3.8, 4) is 11.5 Å². The molecule has 1 heterocycles. The average molecular weight is 249 g/mol. The summed E-state index contributed by atoms with van der Waals surface area (Å²) in [6.07, 6.45) is 1.63. The zero-order valence-electron chi connectivity index (χ0n) is 10.9. The second-order valence-electron chi connectivity index (χ2n) is 4.28. The number of fused-ring (bicyclic) bond motifs is 1. The van der Waals surface area contributed by atoms with E-state index in [1.165, 1.54) is 0 Å². The van der Waals surface area contributed by atoms with Crippen LogP contribution in [0.25, 0.3) is 0 Å². The molecule has 1 aromatic rings. The Labute approximate surface area is 107 Å². The molecule has 1 aromatic carbocycles.